The first kappa shape index (κ1) is 15.5. The molecule has 120 valence electrons. The highest BCUT2D eigenvalue weighted by Gasteiger charge is 2.40. The molecule has 0 aromatic heterocycles. The van der Waals surface area contributed by atoms with Gasteiger partial charge in [-0.05, 0) is 56.3 Å². The molecule has 22 heavy (non-hydrogen) atoms. The van der Waals surface area contributed by atoms with Crippen molar-refractivity contribution in [3.05, 3.63) is 35.4 Å². The van der Waals surface area contributed by atoms with Gasteiger partial charge in [0.15, 0.2) is 0 Å². The summed E-state index contributed by atoms with van der Waals surface area (Å²) in [6.07, 6.45) is 4.99. The Bertz CT molecular complexity index is 518. The topological polar surface area (TPSA) is 50.4 Å². The van der Waals surface area contributed by atoms with Crippen molar-refractivity contribution in [1.29, 1.82) is 0 Å². The summed E-state index contributed by atoms with van der Waals surface area (Å²) >= 11 is 0. The van der Waals surface area contributed by atoms with Gasteiger partial charge in [0.05, 0.1) is 18.1 Å². The Labute approximate surface area is 132 Å². The maximum Gasteiger partial charge on any atom is 0.229 e. The number of ether oxygens (including phenoxy) is 1. The van der Waals surface area contributed by atoms with E-state index in [1.165, 1.54) is 11.1 Å². The number of methoxy groups -OCH3 is 1. The van der Waals surface area contributed by atoms with Gasteiger partial charge in [-0.25, -0.2) is 0 Å². The fraction of sp³-hybridized carbons (Fsp3) is 0.611. The monoisotopic (exact) mass is 302 g/mol. The Balaban J connectivity index is 1.76. The van der Waals surface area contributed by atoms with Gasteiger partial charge in [-0.15, -0.1) is 0 Å². The lowest BCUT2D eigenvalue weighted by Crippen LogP contribution is -2.51. The van der Waals surface area contributed by atoms with Gasteiger partial charge < -0.3 is 15.4 Å². The number of nitrogens with one attached hydrogen (secondary N) is 2. The van der Waals surface area contributed by atoms with Gasteiger partial charge in [-0.1, -0.05) is 24.3 Å². The molecule has 1 amide bonds. The number of benzene rings is 1. The molecule has 2 aliphatic rings. The zero-order valence-electron chi connectivity index (χ0n) is 13.4. The van der Waals surface area contributed by atoms with E-state index < -0.39 is 0 Å². The zero-order valence-corrected chi connectivity index (χ0v) is 13.4. The molecule has 0 spiro atoms. The minimum absolute atomic E-state index is 0.154. The number of hydrogen-bond acceptors (Lipinski definition) is 3. The standard InChI is InChI=1S/C18H26N2O2/c1-22-13-18(9-11-19-12-10-18)17(21)20-16-8-4-6-14-5-2-3-7-15(14)16/h2-3,5,7,16,19H,4,6,8-13H2,1H3,(H,20,21). The molecule has 2 N–H and O–H groups in total. The number of fused-ring (bicyclic) bond motifs is 1. The Morgan fingerprint density at radius 2 is 2.14 bits per heavy atom. The number of aryl methyl sites for hydroxylation is 1. The van der Waals surface area contributed by atoms with E-state index in [1.807, 2.05) is 0 Å². The fourth-order valence-electron chi connectivity index (χ4n) is 3.83. The minimum atomic E-state index is -0.369. The zero-order chi connectivity index (χ0) is 15.4. The highest BCUT2D eigenvalue weighted by atomic mass is 16.5. The van der Waals surface area contributed by atoms with E-state index in [4.69, 9.17) is 4.74 Å². The summed E-state index contributed by atoms with van der Waals surface area (Å²) in [5.74, 6) is 0.164. The van der Waals surface area contributed by atoms with E-state index in [2.05, 4.69) is 34.9 Å². The van der Waals surface area contributed by atoms with E-state index in [9.17, 15) is 4.79 Å². The van der Waals surface area contributed by atoms with Crippen LogP contribution in [0.25, 0.3) is 0 Å². The number of amides is 1. The van der Waals surface area contributed by atoms with Crippen molar-refractivity contribution in [2.24, 2.45) is 5.41 Å². The molecule has 0 bridgehead atoms. The lowest BCUT2D eigenvalue weighted by atomic mass is 9.78. The first-order chi connectivity index (χ1) is 10.7. The smallest absolute Gasteiger partial charge is 0.229 e. The Hall–Kier alpha value is -1.39. The molecule has 1 atom stereocenters. The van der Waals surface area contributed by atoms with Crippen LogP contribution in [0, 0.1) is 5.41 Å². The van der Waals surface area contributed by atoms with Gasteiger partial charge in [0.2, 0.25) is 5.91 Å². The highest BCUT2D eigenvalue weighted by molar-refractivity contribution is 5.83. The van der Waals surface area contributed by atoms with Gasteiger partial charge in [-0.2, -0.15) is 0 Å². The van der Waals surface area contributed by atoms with Crippen molar-refractivity contribution in [2.75, 3.05) is 26.8 Å². The molecule has 4 nitrogen and oxygen atoms in total. The normalized spacial score (nSPS) is 23.6. The first-order valence-electron chi connectivity index (χ1n) is 8.34. The van der Waals surface area contributed by atoms with Gasteiger partial charge >= 0.3 is 0 Å². The van der Waals surface area contributed by atoms with Crippen molar-refractivity contribution < 1.29 is 9.53 Å². The van der Waals surface area contributed by atoms with E-state index in [-0.39, 0.29) is 17.4 Å². The summed E-state index contributed by atoms with van der Waals surface area (Å²) in [6, 6.07) is 8.65. The molecule has 1 fully saturated rings. The Kier molecular flexibility index (Phi) is 4.79. The van der Waals surface area contributed by atoms with Crippen LogP contribution in [-0.2, 0) is 16.0 Å². The molecular weight excluding hydrogens is 276 g/mol. The predicted molar refractivity (Wildman–Crippen MR) is 86.7 cm³/mol. The molecule has 1 heterocycles. The van der Waals surface area contributed by atoms with Gasteiger partial charge in [-0.3, -0.25) is 4.79 Å². The third kappa shape index (κ3) is 3.03. The van der Waals surface area contributed by atoms with Crippen LogP contribution < -0.4 is 10.6 Å². The van der Waals surface area contributed by atoms with Crippen LogP contribution in [0.15, 0.2) is 24.3 Å². The van der Waals surface area contributed by atoms with E-state index >= 15 is 0 Å². The summed E-state index contributed by atoms with van der Waals surface area (Å²) in [5.41, 5.74) is 2.31. The quantitative estimate of drug-likeness (QED) is 0.896. The van der Waals surface area contributed by atoms with Crippen molar-refractivity contribution in [2.45, 2.75) is 38.1 Å². The molecule has 0 saturated carbocycles. The average Bonchev–Trinajstić information content (AvgIpc) is 2.56. The molecule has 1 saturated heterocycles. The molecule has 1 unspecified atom stereocenters. The second-order valence-corrected chi connectivity index (χ2v) is 6.58. The molecule has 1 aliphatic carbocycles. The Morgan fingerprint density at radius 3 is 2.91 bits per heavy atom. The molecule has 3 rings (SSSR count). The van der Waals surface area contributed by atoms with Gasteiger partial charge in [0, 0.05) is 7.11 Å². The van der Waals surface area contributed by atoms with Crippen molar-refractivity contribution >= 4 is 5.91 Å². The second-order valence-electron chi connectivity index (χ2n) is 6.58. The Morgan fingerprint density at radius 1 is 1.36 bits per heavy atom. The lowest BCUT2D eigenvalue weighted by Gasteiger charge is -2.37. The fourth-order valence-corrected chi connectivity index (χ4v) is 3.83. The largest absolute Gasteiger partial charge is 0.384 e. The first-order valence-corrected chi connectivity index (χ1v) is 8.34. The molecule has 1 aliphatic heterocycles. The molecular formula is C18H26N2O2. The SMILES string of the molecule is COCC1(C(=O)NC2CCCc3ccccc32)CCNCC1. The molecule has 0 radical (unpaired) electrons. The number of hydrogen-bond donors (Lipinski definition) is 2. The van der Waals surface area contributed by atoms with Crippen molar-refractivity contribution in [1.82, 2.24) is 10.6 Å². The molecule has 4 heteroatoms. The van der Waals surface area contributed by atoms with Crippen LogP contribution in [0.1, 0.15) is 42.9 Å². The summed E-state index contributed by atoms with van der Waals surface area (Å²) < 4.78 is 5.38. The van der Waals surface area contributed by atoms with Gasteiger partial charge in [0.1, 0.15) is 0 Å². The molecule has 1 aromatic carbocycles. The van der Waals surface area contributed by atoms with E-state index in [1.54, 1.807) is 7.11 Å². The number of piperidine rings is 1. The number of carbonyl (C=O) groups is 1. The number of rotatable bonds is 4. The lowest BCUT2D eigenvalue weighted by molar-refractivity contribution is -0.137. The predicted octanol–water partition coefficient (Wildman–Crippen LogP) is 2.20. The maximum absolute atomic E-state index is 13.0. The summed E-state index contributed by atoms with van der Waals surface area (Å²) in [7, 11) is 1.69. The van der Waals surface area contributed by atoms with Gasteiger partial charge in [0.25, 0.3) is 0 Å². The van der Waals surface area contributed by atoms with Crippen LogP contribution in [0.5, 0.6) is 0 Å². The third-order valence-electron chi connectivity index (χ3n) is 5.14. The second kappa shape index (κ2) is 6.80. The highest BCUT2D eigenvalue weighted by Crippen LogP contribution is 2.34. The van der Waals surface area contributed by atoms with Crippen LogP contribution >= 0.6 is 0 Å². The van der Waals surface area contributed by atoms with E-state index in [0.717, 1.165) is 45.2 Å². The molecule has 1 aromatic rings. The number of carbonyl (C=O) groups excluding carboxylic acids is 1. The van der Waals surface area contributed by atoms with Crippen LogP contribution in [-0.4, -0.2) is 32.7 Å². The summed E-state index contributed by atoms with van der Waals surface area (Å²) in [6.45, 7) is 2.28. The van der Waals surface area contributed by atoms with Crippen LogP contribution in [0.4, 0.5) is 0 Å². The van der Waals surface area contributed by atoms with Crippen molar-refractivity contribution in [3.63, 3.8) is 0 Å². The average molecular weight is 302 g/mol. The third-order valence-corrected chi connectivity index (χ3v) is 5.14. The van der Waals surface area contributed by atoms with Crippen molar-refractivity contribution in [3.8, 4) is 0 Å². The van der Waals surface area contributed by atoms with Crippen LogP contribution in [0.3, 0.4) is 0 Å². The van der Waals surface area contributed by atoms with Crippen LogP contribution in [0.2, 0.25) is 0 Å². The van der Waals surface area contributed by atoms with E-state index in [0.29, 0.717) is 6.61 Å². The summed E-state index contributed by atoms with van der Waals surface area (Å²) in [4.78, 5) is 13.0. The maximum atomic E-state index is 13.0. The minimum Gasteiger partial charge on any atom is -0.384 e. The summed E-state index contributed by atoms with van der Waals surface area (Å²) in [5, 5.41) is 6.66.